The van der Waals surface area contributed by atoms with E-state index in [0.717, 1.165) is 5.69 Å². The van der Waals surface area contributed by atoms with Crippen LogP contribution in [0.5, 0.6) is 0 Å². The van der Waals surface area contributed by atoms with Crippen molar-refractivity contribution < 1.29 is 14.7 Å². The van der Waals surface area contributed by atoms with E-state index in [4.69, 9.17) is 21.3 Å². The molecule has 0 amide bonds. The summed E-state index contributed by atoms with van der Waals surface area (Å²) in [5.74, 6) is -0.456. The van der Waals surface area contributed by atoms with E-state index in [-0.39, 0.29) is 12.0 Å². The van der Waals surface area contributed by atoms with Gasteiger partial charge in [0.1, 0.15) is 0 Å². The number of hydrogen-bond donors (Lipinski definition) is 1. The summed E-state index contributed by atoms with van der Waals surface area (Å²) in [7, 11) is 0. The van der Waals surface area contributed by atoms with Crippen LogP contribution in [-0.4, -0.2) is 28.5 Å². The van der Waals surface area contributed by atoms with Gasteiger partial charge in [-0.15, -0.1) is 0 Å². The Bertz CT molecular complexity index is 935. The van der Waals surface area contributed by atoms with Crippen molar-refractivity contribution in [3.8, 4) is 11.1 Å². The van der Waals surface area contributed by atoms with Crippen molar-refractivity contribution in [1.29, 1.82) is 0 Å². The molecule has 0 spiro atoms. The molecule has 0 atom stereocenters. The van der Waals surface area contributed by atoms with Crippen LogP contribution in [0.2, 0.25) is 5.02 Å². The van der Waals surface area contributed by atoms with Gasteiger partial charge in [-0.25, -0.2) is 4.79 Å². The van der Waals surface area contributed by atoms with Crippen LogP contribution in [-0.2, 0) is 11.2 Å². The molecule has 0 saturated heterocycles. The van der Waals surface area contributed by atoms with E-state index in [1.807, 2.05) is 18.2 Å². The molecule has 142 valence electrons. The summed E-state index contributed by atoms with van der Waals surface area (Å²) in [6.07, 6.45) is 1.28. The fourth-order valence-corrected chi connectivity index (χ4v) is 3.96. The maximum absolute atomic E-state index is 12.8. The Balaban J connectivity index is 2.42. The summed E-state index contributed by atoms with van der Waals surface area (Å²) >= 11 is 6.48. The number of benzene rings is 1. The van der Waals surface area contributed by atoms with Crippen molar-refractivity contribution in [3.63, 3.8) is 0 Å². The average Bonchev–Trinajstić information content (AvgIpc) is 2.59. The first-order chi connectivity index (χ1) is 12.8. The first kappa shape index (κ1) is 19.4. The fourth-order valence-electron chi connectivity index (χ4n) is 3.73. The third-order valence-electron chi connectivity index (χ3n) is 4.78. The monoisotopic (exact) mass is 386 g/mol. The molecule has 1 aromatic heterocycles. The lowest BCUT2D eigenvalue weighted by Gasteiger charge is -2.33. The van der Waals surface area contributed by atoms with Crippen LogP contribution in [0.4, 0.5) is 0 Å². The number of ether oxygens (including phenoxy) is 1. The van der Waals surface area contributed by atoms with E-state index >= 15 is 0 Å². The molecule has 27 heavy (non-hydrogen) atoms. The van der Waals surface area contributed by atoms with Gasteiger partial charge in [0, 0.05) is 21.7 Å². The van der Waals surface area contributed by atoms with Crippen LogP contribution in [0.1, 0.15) is 54.5 Å². The highest BCUT2D eigenvalue weighted by Crippen LogP contribution is 2.42. The van der Waals surface area contributed by atoms with Crippen LogP contribution in [0.25, 0.3) is 11.1 Å². The minimum Gasteiger partial charge on any atom is -0.462 e. The first-order valence-electron chi connectivity index (χ1n) is 8.96. The minimum atomic E-state index is -0.456. The molecule has 0 fully saturated rings. The summed E-state index contributed by atoms with van der Waals surface area (Å²) in [6, 6.07) is 7.33. The van der Waals surface area contributed by atoms with E-state index in [1.165, 1.54) is 0 Å². The van der Waals surface area contributed by atoms with Gasteiger partial charge in [0.15, 0.2) is 0 Å². The van der Waals surface area contributed by atoms with Gasteiger partial charge in [0.2, 0.25) is 0 Å². The summed E-state index contributed by atoms with van der Waals surface area (Å²) in [4.78, 5) is 17.5. The first-order valence-corrected chi connectivity index (χ1v) is 9.33. The normalized spacial score (nSPS) is 16.9. The zero-order chi connectivity index (χ0) is 19.8. The van der Waals surface area contributed by atoms with Gasteiger partial charge in [-0.1, -0.05) is 48.8 Å². The molecule has 0 radical (unpaired) electrons. The van der Waals surface area contributed by atoms with E-state index in [0.29, 0.717) is 51.5 Å². The third kappa shape index (κ3) is 3.56. The van der Waals surface area contributed by atoms with Crippen LogP contribution in [0, 0.1) is 12.3 Å². The molecule has 0 saturated carbocycles. The lowest BCUT2D eigenvalue weighted by atomic mass is 9.73. The van der Waals surface area contributed by atoms with Crippen molar-refractivity contribution in [1.82, 2.24) is 4.98 Å². The predicted molar refractivity (Wildman–Crippen MR) is 106 cm³/mol. The molecule has 6 heteroatoms. The molecule has 3 rings (SSSR count). The van der Waals surface area contributed by atoms with Gasteiger partial charge in [0.25, 0.3) is 0 Å². The van der Waals surface area contributed by atoms with Gasteiger partial charge in [0.05, 0.1) is 29.3 Å². The van der Waals surface area contributed by atoms with Crippen molar-refractivity contribution in [2.24, 2.45) is 10.6 Å². The molecular weight excluding hydrogens is 364 g/mol. The Morgan fingerprint density at radius 1 is 1.30 bits per heavy atom. The topological polar surface area (TPSA) is 71.8 Å². The number of halogens is 1. The molecule has 2 aromatic rings. The molecule has 0 unspecified atom stereocenters. The molecule has 0 aliphatic heterocycles. The highest BCUT2D eigenvalue weighted by Gasteiger charge is 2.36. The predicted octanol–water partition coefficient (Wildman–Crippen LogP) is 5.04. The van der Waals surface area contributed by atoms with Crippen LogP contribution in [0.15, 0.2) is 29.4 Å². The molecule has 5 nitrogen and oxygen atoms in total. The Morgan fingerprint density at radius 3 is 2.63 bits per heavy atom. The lowest BCUT2D eigenvalue weighted by molar-refractivity contribution is 0.0526. The van der Waals surface area contributed by atoms with Gasteiger partial charge in [-0.2, -0.15) is 0 Å². The molecule has 1 heterocycles. The average molecular weight is 387 g/mol. The van der Waals surface area contributed by atoms with Gasteiger partial charge >= 0.3 is 5.97 Å². The fraction of sp³-hybridized carbons (Fsp3) is 0.381. The SMILES string of the molecule is CCOC(=O)c1c(C)nc2c(c1-c1ccccc1Cl)/C(=N/O)CC(C)(C)C2. The van der Waals surface area contributed by atoms with E-state index < -0.39 is 5.97 Å². The number of nitrogens with zero attached hydrogens (tertiary/aromatic N) is 2. The molecular formula is C21H23ClN2O3. The molecule has 1 aliphatic rings. The lowest BCUT2D eigenvalue weighted by Crippen LogP contribution is -2.30. The van der Waals surface area contributed by atoms with Crippen LogP contribution < -0.4 is 0 Å². The van der Waals surface area contributed by atoms with Crippen LogP contribution in [0.3, 0.4) is 0 Å². The summed E-state index contributed by atoms with van der Waals surface area (Å²) < 4.78 is 5.29. The number of carbonyl (C=O) groups is 1. The Labute approximate surface area is 164 Å². The van der Waals surface area contributed by atoms with Gasteiger partial charge < -0.3 is 9.94 Å². The quantitative estimate of drug-likeness (QED) is 0.455. The van der Waals surface area contributed by atoms with Crippen molar-refractivity contribution in [2.45, 2.75) is 40.5 Å². The number of pyridine rings is 1. The number of rotatable bonds is 3. The summed E-state index contributed by atoms with van der Waals surface area (Å²) in [5, 5.41) is 13.8. The maximum atomic E-state index is 12.8. The standard InChI is InChI=1S/C21H23ClN2O3/c1-5-27-20(25)17-12(2)23-15-10-21(3,4)11-16(24-26)19(15)18(17)13-8-6-7-9-14(13)22/h6-9,26H,5,10-11H2,1-4H3/b24-16+. The van der Waals surface area contributed by atoms with Crippen molar-refractivity contribution in [3.05, 3.63) is 51.8 Å². The molecule has 1 aliphatic carbocycles. The zero-order valence-electron chi connectivity index (χ0n) is 16.0. The number of aromatic nitrogens is 1. The van der Waals surface area contributed by atoms with Crippen molar-refractivity contribution in [2.75, 3.05) is 6.61 Å². The number of fused-ring (bicyclic) bond motifs is 1. The number of carbonyl (C=O) groups excluding carboxylic acids is 1. The van der Waals surface area contributed by atoms with Gasteiger partial charge in [-0.05, 0) is 38.2 Å². The largest absolute Gasteiger partial charge is 0.462 e. The number of oxime groups is 1. The smallest absolute Gasteiger partial charge is 0.340 e. The zero-order valence-corrected chi connectivity index (χ0v) is 16.7. The van der Waals surface area contributed by atoms with E-state index in [1.54, 1.807) is 19.9 Å². The van der Waals surface area contributed by atoms with Gasteiger partial charge in [-0.3, -0.25) is 4.98 Å². The molecule has 0 bridgehead atoms. The maximum Gasteiger partial charge on any atom is 0.340 e. The molecule has 1 aromatic carbocycles. The second-order valence-electron chi connectivity index (χ2n) is 7.53. The number of aryl methyl sites for hydroxylation is 1. The molecule has 1 N–H and O–H groups in total. The Kier molecular flexibility index (Phi) is 5.24. The number of hydrogen-bond acceptors (Lipinski definition) is 5. The number of esters is 1. The van der Waals surface area contributed by atoms with E-state index in [2.05, 4.69) is 19.0 Å². The summed E-state index contributed by atoms with van der Waals surface area (Å²) in [6.45, 7) is 8.02. The highest BCUT2D eigenvalue weighted by atomic mass is 35.5. The summed E-state index contributed by atoms with van der Waals surface area (Å²) in [5.41, 5.74) is 4.17. The van der Waals surface area contributed by atoms with E-state index in [9.17, 15) is 10.0 Å². The second kappa shape index (κ2) is 7.31. The highest BCUT2D eigenvalue weighted by molar-refractivity contribution is 6.34. The Hall–Kier alpha value is -2.40. The second-order valence-corrected chi connectivity index (χ2v) is 7.94. The Morgan fingerprint density at radius 2 is 2.00 bits per heavy atom. The van der Waals surface area contributed by atoms with Crippen LogP contribution >= 0.6 is 11.6 Å². The third-order valence-corrected chi connectivity index (χ3v) is 5.11. The minimum absolute atomic E-state index is 0.100. The van der Waals surface area contributed by atoms with Crippen molar-refractivity contribution >= 4 is 23.3 Å².